The van der Waals surface area contributed by atoms with E-state index in [-0.39, 0.29) is 0 Å². The van der Waals surface area contributed by atoms with Gasteiger partial charge in [-0.1, -0.05) is 11.6 Å². The molecule has 1 heterocycles. The summed E-state index contributed by atoms with van der Waals surface area (Å²) in [5.41, 5.74) is 0. The van der Waals surface area contributed by atoms with Gasteiger partial charge in [-0.2, -0.15) is 5.10 Å². The second-order valence-corrected chi connectivity index (χ2v) is 3.45. The van der Waals surface area contributed by atoms with E-state index in [1.165, 1.54) is 0 Å². The minimum Gasteiger partial charge on any atom is -0.385 e. The highest BCUT2D eigenvalue weighted by Gasteiger charge is 1.94. The van der Waals surface area contributed by atoms with Crippen LogP contribution in [0.15, 0.2) is 12.4 Å². The Morgan fingerprint density at radius 2 is 2.43 bits per heavy atom. The van der Waals surface area contributed by atoms with E-state index in [0.717, 1.165) is 32.7 Å². The zero-order valence-electron chi connectivity index (χ0n) is 8.37. The van der Waals surface area contributed by atoms with Crippen molar-refractivity contribution in [1.82, 2.24) is 15.1 Å². The van der Waals surface area contributed by atoms with E-state index in [9.17, 15) is 0 Å². The number of rotatable bonds is 7. The molecule has 0 radical (unpaired) electrons. The molecule has 5 heteroatoms. The molecule has 4 nitrogen and oxygen atoms in total. The minimum absolute atomic E-state index is 0.685. The van der Waals surface area contributed by atoms with Gasteiger partial charge in [0.25, 0.3) is 0 Å². The lowest BCUT2D eigenvalue weighted by molar-refractivity contribution is 0.194. The maximum Gasteiger partial charge on any atom is 0.0785 e. The predicted octanol–water partition coefficient (Wildman–Crippen LogP) is 1.16. The van der Waals surface area contributed by atoms with E-state index in [4.69, 9.17) is 16.3 Å². The summed E-state index contributed by atoms with van der Waals surface area (Å²) in [5.74, 6) is 0. The van der Waals surface area contributed by atoms with Crippen molar-refractivity contribution in [2.24, 2.45) is 0 Å². The summed E-state index contributed by atoms with van der Waals surface area (Å²) in [4.78, 5) is 0. The molecule has 0 aliphatic heterocycles. The Bertz CT molecular complexity index is 252. The summed E-state index contributed by atoms with van der Waals surface area (Å²) in [6, 6.07) is 0. The van der Waals surface area contributed by atoms with Crippen molar-refractivity contribution in [2.75, 3.05) is 26.8 Å². The van der Waals surface area contributed by atoms with Crippen LogP contribution >= 0.6 is 11.6 Å². The Kier molecular flexibility index (Phi) is 5.59. The molecule has 0 saturated carbocycles. The van der Waals surface area contributed by atoms with Gasteiger partial charge >= 0.3 is 0 Å². The number of aromatic nitrogens is 2. The molecule has 0 aliphatic rings. The molecular formula is C9H16ClN3O. The summed E-state index contributed by atoms with van der Waals surface area (Å²) in [6.45, 7) is 3.53. The first-order valence-electron chi connectivity index (χ1n) is 4.70. The second-order valence-electron chi connectivity index (χ2n) is 3.02. The first-order valence-corrected chi connectivity index (χ1v) is 5.08. The molecule has 80 valence electrons. The molecule has 0 aromatic carbocycles. The van der Waals surface area contributed by atoms with E-state index < -0.39 is 0 Å². The fraction of sp³-hybridized carbons (Fsp3) is 0.667. The molecule has 1 N–H and O–H groups in total. The molecule has 14 heavy (non-hydrogen) atoms. The minimum atomic E-state index is 0.685. The van der Waals surface area contributed by atoms with Gasteiger partial charge < -0.3 is 10.1 Å². The maximum absolute atomic E-state index is 5.72. The van der Waals surface area contributed by atoms with Crippen LogP contribution in [0.3, 0.4) is 0 Å². The van der Waals surface area contributed by atoms with Crippen molar-refractivity contribution in [1.29, 1.82) is 0 Å². The van der Waals surface area contributed by atoms with Crippen LogP contribution in [0.4, 0.5) is 0 Å². The summed E-state index contributed by atoms with van der Waals surface area (Å²) < 4.78 is 6.76. The van der Waals surface area contributed by atoms with Crippen molar-refractivity contribution in [2.45, 2.75) is 13.0 Å². The molecule has 1 aromatic rings. The number of nitrogens with zero attached hydrogens (tertiary/aromatic N) is 2. The quantitative estimate of drug-likeness (QED) is 0.697. The normalized spacial score (nSPS) is 10.7. The van der Waals surface area contributed by atoms with Crippen LogP contribution in [-0.2, 0) is 11.3 Å². The van der Waals surface area contributed by atoms with Crippen LogP contribution in [0.2, 0.25) is 5.02 Å². The fourth-order valence-electron chi connectivity index (χ4n) is 1.12. The third kappa shape index (κ3) is 4.60. The van der Waals surface area contributed by atoms with Crippen LogP contribution in [0, 0.1) is 0 Å². The standard InChI is InChI=1S/C9H16ClN3O/c1-14-6-2-3-11-4-5-13-8-9(10)7-12-13/h7-8,11H,2-6H2,1H3. The summed E-state index contributed by atoms with van der Waals surface area (Å²) in [7, 11) is 1.71. The lowest BCUT2D eigenvalue weighted by Gasteiger charge is -2.04. The van der Waals surface area contributed by atoms with Crippen LogP contribution in [0.1, 0.15) is 6.42 Å². The van der Waals surface area contributed by atoms with Crippen LogP contribution in [-0.4, -0.2) is 36.6 Å². The topological polar surface area (TPSA) is 39.1 Å². The molecule has 0 aliphatic carbocycles. The lowest BCUT2D eigenvalue weighted by Crippen LogP contribution is -2.22. The number of nitrogens with one attached hydrogen (secondary N) is 1. The van der Waals surface area contributed by atoms with E-state index >= 15 is 0 Å². The average molecular weight is 218 g/mol. The Morgan fingerprint density at radius 1 is 1.57 bits per heavy atom. The zero-order chi connectivity index (χ0) is 10.2. The SMILES string of the molecule is COCCCNCCn1cc(Cl)cn1. The van der Waals surface area contributed by atoms with Gasteiger partial charge in [0.1, 0.15) is 0 Å². The summed E-state index contributed by atoms with van der Waals surface area (Å²) in [5, 5.41) is 8.05. The molecule has 0 spiro atoms. The Hall–Kier alpha value is -0.580. The van der Waals surface area contributed by atoms with Crippen molar-refractivity contribution in [3.63, 3.8) is 0 Å². The van der Waals surface area contributed by atoms with Crippen molar-refractivity contribution >= 4 is 11.6 Å². The third-order valence-corrected chi connectivity index (χ3v) is 2.02. The highest BCUT2D eigenvalue weighted by atomic mass is 35.5. The Morgan fingerprint density at radius 3 is 3.07 bits per heavy atom. The molecular weight excluding hydrogens is 202 g/mol. The summed E-state index contributed by atoms with van der Waals surface area (Å²) >= 11 is 5.72. The van der Waals surface area contributed by atoms with E-state index in [1.807, 2.05) is 10.9 Å². The molecule has 0 amide bonds. The van der Waals surface area contributed by atoms with Crippen LogP contribution in [0.25, 0.3) is 0 Å². The van der Waals surface area contributed by atoms with Crippen molar-refractivity contribution in [3.8, 4) is 0 Å². The molecule has 0 fully saturated rings. The number of hydrogen-bond donors (Lipinski definition) is 1. The van der Waals surface area contributed by atoms with E-state index in [2.05, 4.69) is 10.4 Å². The van der Waals surface area contributed by atoms with Crippen LogP contribution < -0.4 is 5.32 Å². The molecule has 1 aromatic heterocycles. The van der Waals surface area contributed by atoms with Gasteiger partial charge in [0.2, 0.25) is 0 Å². The van der Waals surface area contributed by atoms with Gasteiger partial charge in [-0.05, 0) is 13.0 Å². The van der Waals surface area contributed by atoms with Gasteiger partial charge in [0.15, 0.2) is 0 Å². The van der Waals surface area contributed by atoms with Crippen LogP contribution in [0.5, 0.6) is 0 Å². The fourth-order valence-corrected chi connectivity index (χ4v) is 1.28. The van der Waals surface area contributed by atoms with Gasteiger partial charge in [-0.15, -0.1) is 0 Å². The Balaban J connectivity index is 1.99. The van der Waals surface area contributed by atoms with E-state index in [1.54, 1.807) is 13.3 Å². The van der Waals surface area contributed by atoms with Gasteiger partial charge in [0.05, 0.1) is 17.8 Å². The first kappa shape index (κ1) is 11.5. The molecule has 0 unspecified atom stereocenters. The Labute approximate surface area is 89.2 Å². The predicted molar refractivity (Wildman–Crippen MR) is 56.6 cm³/mol. The number of hydrogen-bond acceptors (Lipinski definition) is 3. The van der Waals surface area contributed by atoms with Gasteiger partial charge in [-0.3, -0.25) is 4.68 Å². The van der Waals surface area contributed by atoms with Gasteiger partial charge in [0, 0.05) is 26.5 Å². The third-order valence-electron chi connectivity index (χ3n) is 1.82. The highest BCUT2D eigenvalue weighted by molar-refractivity contribution is 6.30. The van der Waals surface area contributed by atoms with Crippen molar-refractivity contribution < 1.29 is 4.74 Å². The highest BCUT2D eigenvalue weighted by Crippen LogP contribution is 2.03. The van der Waals surface area contributed by atoms with E-state index in [0.29, 0.717) is 5.02 Å². The zero-order valence-corrected chi connectivity index (χ0v) is 9.13. The monoisotopic (exact) mass is 217 g/mol. The molecule has 0 saturated heterocycles. The second kappa shape index (κ2) is 6.81. The molecule has 0 atom stereocenters. The average Bonchev–Trinajstić information content (AvgIpc) is 2.58. The molecule has 1 rings (SSSR count). The lowest BCUT2D eigenvalue weighted by atomic mass is 10.4. The maximum atomic E-state index is 5.72. The molecule has 0 bridgehead atoms. The largest absolute Gasteiger partial charge is 0.385 e. The first-order chi connectivity index (χ1) is 6.83. The number of ether oxygens (including phenoxy) is 1. The number of methoxy groups -OCH3 is 1. The smallest absolute Gasteiger partial charge is 0.0785 e. The summed E-state index contributed by atoms with van der Waals surface area (Å²) in [6.07, 6.45) is 4.50. The number of halogens is 1. The van der Waals surface area contributed by atoms with Gasteiger partial charge in [-0.25, -0.2) is 0 Å². The van der Waals surface area contributed by atoms with Crippen molar-refractivity contribution in [3.05, 3.63) is 17.4 Å².